The summed E-state index contributed by atoms with van der Waals surface area (Å²) < 4.78 is 0. The maximum Gasteiger partial charge on any atom is 0.324 e. The maximum absolute atomic E-state index is 11.9. The molecule has 1 aromatic heterocycles. The molecule has 0 spiro atoms. The number of amides is 3. The van der Waals surface area contributed by atoms with Crippen molar-refractivity contribution in [2.45, 2.75) is 12.8 Å². The average molecular weight is 274 g/mol. The summed E-state index contributed by atoms with van der Waals surface area (Å²) in [6, 6.07) is 5.54. The molecule has 1 saturated heterocycles. The van der Waals surface area contributed by atoms with Crippen molar-refractivity contribution >= 4 is 17.8 Å². The highest BCUT2D eigenvalue weighted by atomic mass is 16.2. The number of nitrogens with zero attached hydrogens (tertiary/aromatic N) is 3. The molecule has 0 atom stereocenters. The number of hydrogen-bond donors (Lipinski definition) is 1. The van der Waals surface area contributed by atoms with Gasteiger partial charge in [0.2, 0.25) is 5.91 Å². The van der Waals surface area contributed by atoms with Crippen LogP contribution in [0.5, 0.6) is 0 Å². The average Bonchev–Trinajstić information content (AvgIpc) is 3.33. The van der Waals surface area contributed by atoms with Gasteiger partial charge in [-0.25, -0.2) is 9.78 Å². The molecule has 3 rings (SSSR count). The molecule has 3 amide bonds. The molecule has 1 N–H and O–H groups in total. The zero-order chi connectivity index (χ0) is 13.9. The number of imide groups is 1. The van der Waals surface area contributed by atoms with E-state index in [2.05, 4.69) is 15.2 Å². The van der Waals surface area contributed by atoms with Crippen LogP contribution in [0.4, 0.5) is 10.6 Å². The minimum Gasteiger partial charge on any atom is -0.353 e. The molecule has 6 nitrogen and oxygen atoms in total. The van der Waals surface area contributed by atoms with Gasteiger partial charge in [-0.3, -0.25) is 10.1 Å². The summed E-state index contributed by atoms with van der Waals surface area (Å²) in [5, 5.41) is 2.48. The largest absolute Gasteiger partial charge is 0.353 e. The number of hydrogen-bond acceptors (Lipinski definition) is 4. The summed E-state index contributed by atoms with van der Waals surface area (Å²) in [5.74, 6) is 0.873. The molecule has 0 bridgehead atoms. The number of carbonyl (C=O) groups is 2. The summed E-state index contributed by atoms with van der Waals surface area (Å²) in [6.45, 7) is 2.70. The van der Waals surface area contributed by atoms with E-state index >= 15 is 0 Å². The minimum atomic E-state index is -0.262. The number of carbonyl (C=O) groups excluding carboxylic acids is 2. The molecule has 0 aromatic carbocycles. The number of nitrogens with one attached hydrogen (secondary N) is 1. The predicted octanol–water partition coefficient (Wildman–Crippen LogP) is 0.850. The number of pyridine rings is 1. The van der Waals surface area contributed by atoms with Gasteiger partial charge in [0.1, 0.15) is 5.82 Å². The van der Waals surface area contributed by atoms with Crippen LogP contribution in [0.2, 0.25) is 0 Å². The standard InChI is InChI=1S/C14H18N4O2/c19-13(11-4-5-11)16-14(20)18-9-7-17(8-10-18)12-3-1-2-6-15-12/h1-3,6,11H,4-5,7-10H2,(H,16,19,20). The molecule has 20 heavy (non-hydrogen) atoms. The van der Waals surface area contributed by atoms with E-state index < -0.39 is 0 Å². The van der Waals surface area contributed by atoms with Gasteiger partial charge in [-0.05, 0) is 25.0 Å². The van der Waals surface area contributed by atoms with E-state index in [1.54, 1.807) is 11.1 Å². The Kier molecular flexibility index (Phi) is 3.54. The smallest absolute Gasteiger partial charge is 0.324 e. The molecule has 1 aliphatic carbocycles. The highest BCUT2D eigenvalue weighted by molar-refractivity contribution is 5.96. The quantitative estimate of drug-likeness (QED) is 0.868. The van der Waals surface area contributed by atoms with Crippen molar-refractivity contribution in [2.24, 2.45) is 5.92 Å². The molecule has 6 heteroatoms. The van der Waals surface area contributed by atoms with Gasteiger partial charge in [0.05, 0.1) is 0 Å². The fraction of sp³-hybridized carbons (Fsp3) is 0.500. The molecule has 2 heterocycles. The van der Waals surface area contributed by atoms with E-state index in [0.29, 0.717) is 13.1 Å². The molecule has 1 aromatic rings. The van der Waals surface area contributed by atoms with Crippen molar-refractivity contribution in [3.8, 4) is 0 Å². The number of aromatic nitrogens is 1. The third-order valence-corrected chi connectivity index (χ3v) is 3.72. The van der Waals surface area contributed by atoms with Crippen LogP contribution in [0.1, 0.15) is 12.8 Å². The van der Waals surface area contributed by atoms with Crippen molar-refractivity contribution in [1.82, 2.24) is 15.2 Å². The highest BCUT2D eigenvalue weighted by Gasteiger charge is 2.32. The lowest BCUT2D eigenvalue weighted by atomic mass is 10.3. The van der Waals surface area contributed by atoms with Crippen LogP contribution in [-0.4, -0.2) is 48.0 Å². The maximum atomic E-state index is 11.9. The molecular weight excluding hydrogens is 256 g/mol. The summed E-state index contributed by atoms with van der Waals surface area (Å²) in [4.78, 5) is 31.7. The van der Waals surface area contributed by atoms with E-state index in [-0.39, 0.29) is 17.9 Å². The first kappa shape index (κ1) is 12.9. The molecule has 0 unspecified atom stereocenters. The fourth-order valence-electron chi connectivity index (χ4n) is 2.31. The van der Waals surface area contributed by atoms with Gasteiger partial charge < -0.3 is 9.80 Å². The Hall–Kier alpha value is -2.11. The van der Waals surface area contributed by atoms with Gasteiger partial charge in [0.15, 0.2) is 0 Å². The van der Waals surface area contributed by atoms with E-state index in [1.165, 1.54) is 0 Å². The molecule has 1 saturated carbocycles. The number of rotatable bonds is 2. The lowest BCUT2D eigenvalue weighted by molar-refractivity contribution is -0.121. The first-order chi connectivity index (χ1) is 9.74. The molecule has 1 aliphatic heterocycles. The SMILES string of the molecule is O=C(NC(=O)N1CCN(c2ccccn2)CC1)C1CC1. The Bertz CT molecular complexity index is 493. The second-order valence-electron chi connectivity index (χ2n) is 5.23. The summed E-state index contributed by atoms with van der Waals surface area (Å²) in [5.41, 5.74) is 0. The van der Waals surface area contributed by atoms with Gasteiger partial charge in [-0.1, -0.05) is 6.07 Å². The van der Waals surface area contributed by atoms with Crippen molar-refractivity contribution < 1.29 is 9.59 Å². The molecule has 2 aliphatic rings. The molecule has 0 radical (unpaired) electrons. The topological polar surface area (TPSA) is 65.5 Å². The van der Waals surface area contributed by atoms with E-state index in [4.69, 9.17) is 0 Å². The monoisotopic (exact) mass is 274 g/mol. The van der Waals surface area contributed by atoms with Gasteiger partial charge in [0, 0.05) is 38.3 Å². The van der Waals surface area contributed by atoms with Crippen LogP contribution in [0.3, 0.4) is 0 Å². The Balaban J connectivity index is 1.50. The van der Waals surface area contributed by atoms with Crippen molar-refractivity contribution in [1.29, 1.82) is 0 Å². The first-order valence-corrected chi connectivity index (χ1v) is 7.00. The molecular formula is C14H18N4O2. The second-order valence-corrected chi connectivity index (χ2v) is 5.23. The third kappa shape index (κ3) is 2.89. The van der Waals surface area contributed by atoms with Crippen LogP contribution in [-0.2, 0) is 4.79 Å². The Morgan fingerprint density at radius 3 is 2.50 bits per heavy atom. The van der Waals surface area contributed by atoms with Gasteiger partial charge in [0.25, 0.3) is 0 Å². The number of urea groups is 1. The Morgan fingerprint density at radius 1 is 1.15 bits per heavy atom. The second kappa shape index (κ2) is 5.48. The van der Waals surface area contributed by atoms with E-state index in [1.807, 2.05) is 18.2 Å². The summed E-state index contributed by atoms with van der Waals surface area (Å²) in [7, 11) is 0. The number of anilines is 1. The Labute approximate surface area is 117 Å². The summed E-state index contributed by atoms with van der Waals surface area (Å²) >= 11 is 0. The third-order valence-electron chi connectivity index (χ3n) is 3.72. The van der Waals surface area contributed by atoms with Gasteiger partial charge in [-0.2, -0.15) is 0 Å². The van der Waals surface area contributed by atoms with Crippen LogP contribution >= 0.6 is 0 Å². The first-order valence-electron chi connectivity index (χ1n) is 7.00. The van der Waals surface area contributed by atoms with Crippen LogP contribution in [0, 0.1) is 5.92 Å². The van der Waals surface area contributed by atoms with Crippen LogP contribution in [0.25, 0.3) is 0 Å². The number of piperazine rings is 1. The lowest BCUT2D eigenvalue weighted by Gasteiger charge is -2.35. The van der Waals surface area contributed by atoms with Crippen molar-refractivity contribution in [3.63, 3.8) is 0 Å². The van der Waals surface area contributed by atoms with E-state index in [9.17, 15) is 9.59 Å². The predicted molar refractivity (Wildman–Crippen MR) is 74.3 cm³/mol. The summed E-state index contributed by atoms with van der Waals surface area (Å²) in [6.07, 6.45) is 3.59. The lowest BCUT2D eigenvalue weighted by Crippen LogP contribution is -2.53. The highest BCUT2D eigenvalue weighted by Crippen LogP contribution is 2.28. The van der Waals surface area contributed by atoms with Gasteiger partial charge >= 0.3 is 6.03 Å². The molecule has 106 valence electrons. The van der Waals surface area contributed by atoms with Crippen molar-refractivity contribution in [2.75, 3.05) is 31.1 Å². The van der Waals surface area contributed by atoms with Gasteiger partial charge in [-0.15, -0.1) is 0 Å². The van der Waals surface area contributed by atoms with Crippen LogP contribution in [0.15, 0.2) is 24.4 Å². The van der Waals surface area contributed by atoms with E-state index in [0.717, 1.165) is 31.7 Å². The van der Waals surface area contributed by atoms with Crippen molar-refractivity contribution in [3.05, 3.63) is 24.4 Å². The molecule has 2 fully saturated rings. The zero-order valence-electron chi connectivity index (χ0n) is 11.3. The zero-order valence-corrected chi connectivity index (χ0v) is 11.3. The Morgan fingerprint density at radius 2 is 1.90 bits per heavy atom. The minimum absolute atomic E-state index is 0.0637. The van der Waals surface area contributed by atoms with Crippen LogP contribution < -0.4 is 10.2 Å². The fourth-order valence-corrected chi connectivity index (χ4v) is 2.31. The normalized spacial score (nSPS) is 18.8.